The largest absolute Gasteiger partial charge is 0.434 e. The van der Waals surface area contributed by atoms with Crippen LogP contribution in [0.5, 0.6) is 5.75 Å². The summed E-state index contributed by atoms with van der Waals surface area (Å²) in [4.78, 5) is 26.4. The van der Waals surface area contributed by atoms with Crippen molar-refractivity contribution in [3.63, 3.8) is 0 Å². The number of aliphatic hydroxyl groups is 3. The van der Waals surface area contributed by atoms with Crippen molar-refractivity contribution in [2.75, 3.05) is 7.05 Å². The molecular weight excluding hydrogens is 564 g/mol. The molecular formula is C29H27F2N7O5. The Labute approximate surface area is 243 Å². The Kier molecular flexibility index (Phi) is 6.93. The summed E-state index contributed by atoms with van der Waals surface area (Å²) in [7, 11) is 1.27. The van der Waals surface area contributed by atoms with Crippen molar-refractivity contribution < 1.29 is 33.6 Å². The summed E-state index contributed by atoms with van der Waals surface area (Å²) >= 11 is 0. The van der Waals surface area contributed by atoms with Crippen molar-refractivity contribution in [2.24, 2.45) is 5.41 Å². The number of fused-ring (bicyclic) bond motifs is 3. The van der Waals surface area contributed by atoms with Crippen LogP contribution in [0.3, 0.4) is 0 Å². The van der Waals surface area contributed by atoms with Crippen LogP contribution in [0.15, 0.2) is 43.0 Å². The van der Waals surface area contributed by atoms with Gasteiger partial charge < -0.3 is 20.1 Å². The van der Waals surface area contributed by atoms with Gasteiger partial charge in [-0.05, 0) is 45.4 Å². The molecule has 1 aromatic carbocycles. The Balaban J connectivity index is 1.45. The number of rotatable bonds is 8. The first-order valence-electron chi connectivity index (χ1n) is 13.5. The summed E-state index contributed by atoms with van der Waals surface area (Å²) < 4.78 is 33.1. The van der Waals surface area contributed by atoms with Gasteiger partial charge in [-0.1, -0.05) is 12.1 Å². The number of ether oxygens (including phenoxy) is 1. The van der Waals surface area contributed by atoms with Crippen molar-refractivity contribution >= 4 is 11.8 Å². The molecule has 0 amide bonds. The van der Waals surface area contributed by atoms with Gasteiger partial charge in [0, 0.05) is 46.5 Å². The maximum atomic E-state index is 13.4. The van der Waals surface area contributed by atoms with Crippen molar-refractivity contribution in [3.05, 3.63) is 71.2 Å². The molecule has 3 heterocycles. The normalized spacial score (nSPS) is 23.3. The number of nitriles is 1. The second kappa shape index (κ2) is 10.4. The van der Waals surface area contributed by atoms with E-state index in [2.05, 4.69) is 26.1 Å². The predicted molar refractivity (Wildman–Crippen MR) is 145 cm³/mol. The molecule has 4 aromatic rings. The highest BCUT2D eigenvalue weighted by Crippen LogP contribution is 2.52. The lowest BCUT2D eigenvalue weighted by molar-refractivity contribution is -0.396. The van der Waals surface area contributed by atoms with E-state index in [4.69, 9.17) is 4.74 Å². The summed E-state index contributed by atoms with van der Waals surface area (Å²) in [5.41, 5.74) is 2.37. The summed E-state index contributed by atoms with van der Waals surface area (Å²) in [5, 5.41) is 43.8. The van der Waals surface area contributed by atoms with Crippen LogP contribution < -0.4 is 4.74 Å². The Morgan fingerprint density at radius 1 is 1.21 bits per heavy atom. The zero-order valence-corrected chi connectivity index (χ0v) is 23.1. The standard InChI is InChI=1S/C29H27F2N7O5/c1-28(13-32)8-16(9-28)26-33-10-17(11-34-26)19-7-20-24-18(23-15(12-39)4-3-5-22(23)43-27(30)31)6-21(37(2)29(40,41)42)25(24)36-38(20)14-35-19/h3-5,7,10-12,14,16,18,21,27,40-42H,6,8-9H2,1-2H3. The first-order valence-corrected chi connectivity index (χ1v) is 13.5. The average molecular weight is 592 g/mol. The van der Waals surface area contributed by atoms with Gasteiger partial charge in [-0.15, -0.1) is 0 Å². The van der Waals surface area contributed by atoms with Gasteiger partial charge >= 0.3 is 12.7 Å². The van der Waals surface area contributed by atoms with E-state index in [1.807, 2.05) is 6.92 Å². The molecule has 2 atom stereocenters. The lowest BCUT2D eigenvalue weighted by atomic mass is 9.64. The number of carbonyl (C=O) groups is 1. The fourth-order valence-corrected chi connectivity index (χ4v) is 6.24. The molecule has 3 N–H and O–H groups in total. The number of aldehydes is 1. The Hall–Kier alpha value is -4.42. The zero-order valence-electron chi connectivity index (χ0n) is 23.1. The van der Waals surface area contributed by atoms with Gasteiger partial charge in [0.1, 0.15) is 24.2 Å². The van der Waals surface area contributed by atoms with Gasteiger partial charge in [0.25, 0.3) is 0 Å². The highest BCUT2D eigenvalue weighted by molar-refractivity contribution is 5.81. The third kappa shape index (κ3) is 5.00. The minimum absolute atomic E-state index is 0.0526. The average Bonchev–Trinajstić information content (AvgIpc) is 3.51. The number of hydrogen-bond acceptors (Lipinski definition) is 11. The van der Waals surface area contributed by atoms with Crippen molar-refractivity contribution in [1.29, 1.82) is 5.26 Å². The van der Waals surface area contributed by atoms with E-state index in [1.54, 1.807) is 18.5 Å². The minimum atomic E-state index is -3.22. The first kappa shape index (κ1) is 28.7. The van der Waals surface area contributed by atoms with E-state index in [0.29, 0.717) is 53.0 Å². The molecule has 0 aliphatic heterocycles. The fraction of sp³-hybridized carbons (Fsp3) is 0.379. The second-order valence-electron chi connectivity index (χ2n) is 11.3. The molecule has 3 aromatic heterocycles. The third-order valence-corrected chi connectivity index (χ3v) is 8.45. The van der Waals surface area contributed by atoms with Gasteiger partial charge in [0.2, 0.25) is 0 Å². The molecule has 6 rings (SSSR count). The van der Waals surface area contributed by atoms with Crippen LogP contribution >= 0.6 is 0 Å². The van der Waals surface area contributed by atoms with E-state index in [0.717, 1.165) is 4.90 Å². The summed E-state index contributed by atoms with van der Waals surface area (Å²) in [6.45, 7) is -1.25. The Morgan fingerprint density at radius 2 is 1.93 bits per heavy atom. The molecule has 2 aliphatic carbocycles. The van der Waals surface area contributed by atoms with Gasteiger partial charge in [0.15, 0.2) is 0 Å². The molecule has 12 nitrogen and oxygen atoms in total. The molecule has 0 spiro atoms. The van der Waals surface area contributed by atoms with Crippen molar-refractivity contribution in [2.45, 2.75) is 56.8 Å². The van der Waals surface area contributed by atoms with Gasteiger partial charge in [-0.2, -0.15) is 19.1 Å². The van der Waals surface area contributed by atoms with E-state index < -0.39 is 24.7 Å². The SMILES string of the molecule is CN(C1CC(c2c(C=O)cccc2OC(F)F)c2c1nn1cnc(-c3cnc(C4CC(C)(C#N)C4)nc3)cc21)C(O)(O)O. The highest BCUT2D eigenvalue weighted by Gasteiger charge is 2.46. The zero-order chi connectivity index (χ0) is 30.7. The Bertz CT molecular complexity index is 1740. The van der Waals surface area contributed by atoms with Gasteiger partial charge in [-0.25, -0.2) is 24.4 Å². The molecule has 0 bridgehead atoms. The monoisotopic (exact) mass is 591 g/mol. The van der Waals surface area contributed by atoms with Crippen molar-refractivity contribution in [1.82, 2.24) is 29.5 Å². The Morgan fingerprint density at radius 3 is 2.56 bits per heavy atom. The van der Waals surface area contributed by atoms with E-state index in [1.165, 1.54) is 36.1 Å². The van der Waals surface area contributed by atoms with Crippen molar-refractivity contribution in [3.8, 4) is 23.1 Å². The minimum Gasteiger partial charge on any atom is -0.434 e. The highest BCUT2D eigenvalue weighted by atomic mass is 19.3. The first-order chi connectivity index (χ1) is 20.4. The molecule has 43 heavy (non-hydrogen) atoms. The molecule has 14 heteroatoms. The molecule has 0 radical (unpaired) electrons. The van der Waals surface area contributed by atoms with Crippen LogP contribution in [-0.2, 0) is 0 Å². The number of hydrogen-bond donors (Lipinski definition) is 3. The number of alkyl halides is 2. The predicted octanol–water partition coefficient (Wildman–Crippen LogP) is 3.10. The number of nitrogens with zero attached hydrogens (tertiary/aromatic N) is 7. The van der Waals surface area contributed by atoms with E-state index >= 15 is 0 Å². The molecule has 1 fully saturated rings. The molecule has 1 saturated carbocycles. The van der Waals surface area contributed by atoms with E-state index in [9.17, 15) is 34.2 Å². The van der Waals surface area contributed by atoms with Gasteiger partial charge in [0.05, 0.1) is 34.4 Å². The number of aromatic nitrogens is 5. The van der Waals surface area contributed by atoms with Crippen LogP contribution in [-0.4, -0.2) is 70.8 Å². The maximum absolute atomic E-state index is 13.4. The molecule has 0 saturated heterocycles. The van der Waals surface area contributed by atoms with Crippen LogP contribution in [0.2, 0.25) is 0 Å². The van der Waals surface area contributed by atoms with Gasteiger partial charge in [-0.3, -0.25) is 4.79 Å². The topological polar surface area (TPSA) is 170 Å². The van der Waals surface area contributed by atoms with Crippen LogP contribution in [0.1, 0.15) is 77.1 Å². The molecule has 222 valence electrons. The number of benzene rings is 1. The summed E-state index contributed by atoms with van der Waals surface area (Å²) in [6.07, 6.45) is 3.47. The van der Waals surface area contributed by atoms with Crippen LogP contribution in [0, 0.1) is 16.7 Å². The summed E-state index contributed by atoms with van der Waals surface area (Å²) in [5.74, 6) is -0.227. The fourth-order valence-electron chi connectivity index (χ4n) is 6.24. The number of halogens is 2. The second-order valence-corrected chi connectivity index (χ2v) is 11.3. The smallest absolute Gasteiger partial charge is 0.387 e. The third-order valence-electron chi connectivity index (χ3n) is 8.45. The van der Waals surface area contributed by atoms with Crippen LogP contribution in [0.25, 0.3) is 16.8 Å². The maximum Gasteiger partial charge on any atom is 0.387 e. The lowest BCUT2D eigenvalue weighted by Crippen LogP contribution is -2.47. The number of carbonyl (C=O) groups excluding carboxylic acids is 1. The molecule has 2 aliphatic rings. The van der Waals surface area contributed by atoms with E-state index in [-0.39, 0.29) is 34.6 Å². The summed E-state index contributed by atoms with van der Waals surface area (Å²) in [6, 6.07) is 7.38. The molecule has 2 unspecified atom stereocenters. The lowest BCUT2D eigenvalue weighted by Gasteiger charge is -2.38. The van der Waals surface area contributed by atoms with Crippen LogP contribution in [0.4, 0.5) is 8.78 Å². The quantitative estimate of drug-likeness (QED) is 0.203.